The van der Waals surface area contributed by atoms with Crippen molar-refractivity contribution in [2.24, 2.45) is 0 Å². The maximum Gasteiger partial charge on any atom is 0.175 e. The Hall–Kier alpha value is 0.434. The molecule has 1 aliphatic heterocycles. The van der Waals surface area contributed by atoms with Gasteiger partial charge in [0.25, 0.3) is 0 Å². The predicted molar refractivity (Wildman–Crippen MR) is 146 cm³/mol. The zero-order valence-corrected chi connectivity index (χ0v) is 26.9. The Kier molecular flexibility index (Phi) is 13.7. The van der Waals surface area contributed by atoms with Crippen LogP contribution in [0.5, 0.6) is 0 Å². The summed E-state index contributed by atoms with van der Waals surface area (Å²) >= 11 is 5.67. The summed E-state index contributed by atoms with van der Waals surface area (Å²) in [5.74, 6) is 0. The van der Waals surface area contributed by atoms with Gasteiger partial charge in [-0.15, -0.1) is 0 Å². The molecule has 0 aliphatic carbocycles. The molecule has 0 aromatic heterocycles. The summed E-state index contributed by atoms with van der Waals surface area (Å²) in [6.45, 7) is 24.9. The van der Waals surface area contributed by atoms with E-state index in [0.29, 0.717) is 0 Å². The van der Waals surface area contributed by atoms with Crippen LogP contribution in [-0.2, 0) is 6.04 Å². The molecular weight excluding hydrogens is 460 g/mol. The van der Waals surface area contributed by atoms with Crippen molar-refractivity contribution in [3.8, 4) is 0 Å². The summed E-state index contributed by atoms with van der Waals surface area (Å²) in [5.41, 5.74) is 1.37. The monoisotopic (exact) mass is 504 g/mol. The maximum absolute atomic E-state index is 5.67. The van der Waals surface area contributed by atoms with Crippen LogP contribution < -0.4 is 0 Å². The fraction of sp³-hybridized carbons (Fsp3) is 0.684. The molecule has 2 rings (SSSR count). The van der Waals surface area contributed by atoms with Gasteiger partial charge in [-0.1, -0.05) is 63.6 Å². The van der Waals surface area contributed by atoms with Gasteiger partial charge in [-0.2, -0.15) is 11.1 Å². The molecule has 1 fully saturated rings. The number of hydrogen-bond donors (Lipinski definition) is 0. The minimum absolute atomic E-state index is 0.312. The first-order valence-electron chi connectivity index (χ1n) is 11.5. The molecule has 1 heterocycles. The zero-order chi connectivity index (χ0) is 22.0. The lowest BCUT2D eigenvalue weighted by molar-refractivity contribution is 0.461. The Balaban J connectivity index is 0.000000387. The molecule has 0 spiro atoms. The third kappa shape index (κ3) is 7.51. The summed E-state index contributed by atoms with van der Waals surface area (Å²) in [5, 5.41) is 0. The van der Waals surface area contributed by atoms with Crippen molar-refractivity contribution < 1.29 is 0 Å². The van der Waals surface area contributed by atoms with Crippen LogP contribution in [0.4, 0.5) is 0 Å². The Morgan fingerprint density at radius 3 is 1.21 bits per heavy atom. The van der Waals surface area contributed by atoms with E-state index in [0.717, 1.165) is 6.04 Å². The topological polar surface area (TPSA) is 13.0 Å². The average Bonchev–Trinajstić information content (AvgIpc) is 2.71. The molecule has 0 radical (unpaired) electrons. The highest BCUT2D eigenvalue weighted by Gasteiger charge is 2.40. The summed E-state index contributed by atoms with van der Waals surface area (Å²) < 4.78 is 11.9. The lowest BCUT2D eigenvalue weighted by atomic mass is 10.2. The Morgan fingerprint density at radius 1 is 0.655 bits per heavy atom. The molecule has 10 heteroatoms. The highest BCUT2D eigenvalue weighted by molar-refractivity contribution is 6.93. The molecule has 0 saturated carbocycles. The van der Waals surface area contributed by atoms with Crippen molar-refractivity contribution in [1.82, 2.24) is 16.9 Å². The second-order valence-corrected chi connectivity index (χ2v) is 22.5. The van der Waals surface area contributed by atoms with Crippen molar-refractivity contribution in [1.29, 1.82) is 0 Å². The average molecular weight is 505 g/mol. The van der Waals surface area contributed by atoms with Crippen molar-refractivity contribution in [3.05, 3.63) is 35.9 Å². The number of rotatable bonds is 6. The Bertz CT molecular complexity index is 487. The first-order valence-corrected chi connectivity index (χ1v) is 23.4. The zero-order valence-electron chi connectivity index (χ0n) is 20.1. The molecule has 0 amide bonds. The smallest absolute Gasteiger partial charge is 0.175 e. The third-order valence-corrected chi connectivity index (χ3v) is 28.8. The minimum Gasteiger partial charge on any atom is -0.327 e. The van der Waals surface area contributed by atoms with E-state index in [4.69, 9.17) is 11.1 Å². The SMILES string of the molecule is CCN1[SiH](C)N(CC)[SiH](C)N(CC)[SiH](C)N(CC)[SiH]1C.Cl[SiH2]Cc1ccccc1. The van der Waals surface area contributed by atoms with E-state index in [1.165, 1.54) is 31.7 Å². The van der Waals surface area contributed by atoms with Crippen molar-refractivity contribution in [2.45, 2.75) is 59.9 Å². The van der Waals surface area contributed by atoms with E-state index in [1.807, 2.05) is 6.07 Å². The first kappa shape index (κ1) is 27.5. The highest BCUT2D eigenvalue weighted by Crippen LogP contribution is 2.19. The lowest BCUT2D eigenvalue weighted by Crippen LogP contribution is -2.74. The molecule has 0 unspecified atom stereocenters. The molecule has 0 bridgehead atoms. The lowest BCUT2D eigenvalue weighted by Gasteiger charge is -2.53. The largest absolute Gasteiger partial charge is 0.327 e. The summed E-state index contributed by atoms with van der Waals surface area (Å²) in [7, 11) is -3.98. The van der Waals surface area contributed by atoms with Gasteiger partial charge in [-0.3, -0.25) is 0 Å². The van der Waals surface area contributed by atoms with Gasteiger partial charge in [-0.25, -0.2) is 0 Å². The van der Waals surface area contributed by atoms with Crippen LogP contribution in [0.15, 0.2) is 30.3 Å². The van der Waals surface area contributed by atoms with Crippen molar-refractivity contribution in [2.75, 3.05) is 26.2 Å². The molecule has 0 atom stereocenters. The number of nitrogens with zero attached hydrogens (tertiary/aromatic N) is 4. The van der Waals surface area contributed by atoms with Gasteiger partial charge in [0.2, 0.25) is 0 Å². The first-order chi connectivity index (χ1) is 13.9. The van der Waals surface area contributed by atoms with Gasteiger partial charge in [0, 0.05) is 0 Å². The van der Waals surface area contributed by atoms with Crippen LogP contribution in [-0.4, -0.2) is 88.4 Å². The summed E-state index contributed by atoms with van der Waals surface area (Å²) in [6, 6.07) is 11.5. The molecule has 0 N–H and O–H groups in total. The Labute approximate surface area is 194 Å². The molecular formula is C19H45ClN4Si5. The summed E-state index contributed by atoms with van der Waals surface area (Å²) in [6.07, 6.45) is 0. The number of hydrogen-bond acceptors (Lipinski definition) is 4. The van der Waals surface area contributed by atoms with Gasteiger partial charge in [-0.05, 0) is 58.4 Å². The third-order valence-electron chi connectivity index (χ3n) is 6.53. The van der Waals surface area contributed by atoms with Crippen LogP contribution in [0, 0.1) is 0 Å². The van der Waals surface area contributed by atoms with E-state index < -0.39 is 36.5 Å². The van der Waals surface area contributed by atoms with E-state index in [2.05, 4.69) is 95.1 Å². The van der Waals surface area contributed by atoms with Crippen molar-refractivity contribution in [3.63, 3.8) is 0 Å². The van der Waals surface area contributed by atoms with Crippen molar-refractivity contribution >= 4 is 56.4 Å². The predicted octanol–water partition coefficient (Wildman–Crippen LogP) is 2.20. The molecule has 1 aromatic rings. The van der Waals surface area contributed by atoms with Gasteiger partial charge in [0.05, 0.1) is 0 Å². The maximum atomic E-state index is 5.67. The van der Waals surface area contributed by atoms with E-state index in [9.17, 15) is 0 Å². The second-order valence-electron chi connectivity index (χ2n) is 7.77. The minimum atomic E-state index is -0.917. The van der Waals surface area contributed by atoms with E-state index in [1.54, 1.807) is 0 Å². The fourth-order valence-electron chi connectivity index (χ4n) is 4.88. The van der Waals surface area contributed by atoms with E-state index in [-0.39, 0.29) is 8.83 Å². The normalized spacial score (nSPS) is 28.2. The standard InChI is InChI=1S/C12H36N4Si4.C7H9ClSi/c1-9-13-17(5)14(10-2)19(7)16(12-4)20(8)15(11-3)18(13)6;8-9-6-7-4-2-1-3-5-7/h17-20H,9-12H2,1-8H3;1-5H,6,9H2. The van der Waals surface area contributed by atoms with Gasteiger partial charge in [0.1, 0.15) is 8.83 Å². The van der Waals surface area contributed by atoms with Crippen LogP contribution in [0.25, 0.3) is 0 Å². The Morgan fingerprint density at radius 2 is 0.966 bits per heavy atom. The quantitative estimate of drug-likeness (QED) is 0.434. The van der Waals surface area contributed by atoms with Gasteiger partial charge in [0.15, 0.2) is 36.5 Å². The van der Waals surface area contributed by atoms with E-state index >= 15 is 0 Å². The molecule has 1 aliphatic rings. The van der Waals surface area contributed by atoms with Crippen LogP contribution in [0.2, 0.25) is 26.2 Å². The summed E-state index contributed by atoms with van der Waals surface area (Å²) in [4.78, 5) is 0. The van der Waals surface area contributed by atoms with Crippen LogP contribution >= 0.6 is 11.1 Å². The molecule has 1 aromatic carbocycles. The van der Waals surface area contributed by atoms with Gasteiger partial charge < -0.3 is 16.9 Å². The fourth-order valence-corrected chi connectivity index (χ4v) is 27.8. The molecule has 168 valence electrons. The molecule has 29 heavy (non-hydrogen) atoms. The second kappa shape index (κ2) is 14.5. The number of benzene rings is 1. The molecule has 1 saturated heterocycles. The molecule has 4 nitrogen and oxygen atoms in total. The van der Waals surface area contributed by atoms with Crippen LogP contribution in [0.3, 0.4) is 0 Å². The van der Waals surface area contributed by atoms with Gasteiger partial charge >= 0.3 is 0 Å². The highest BCUT2D eigenvalue weighted by atomic mass is 35.6. The van der Waals surface area contributed by atoms with Crippen LogP contribution in [0.1, 0.15) is 33.3 Å². The number of halogens is 1.